The van der Waals surface area contributed by atoms with E-state index in [2.05, 4.69) is 47.1 Å². The van der Waals surface area contributed by atoms with Crippen LogP contribution in [-0.4, -0.2) is 40.1 Å². The van der Waals surface area contributed by atoms with E-state index in [4.69, 9.17) is 17.2 Å². The lowest BCUT2D eigenvalue weighted by Gasteiger charge is -2.25. The highest BCUT2D eigenvalue weighted by atomic mass is 19.4. The van der Waals surface area contributed by atoms with Gasteiger partial charge in [-0.3, -0.25) is 9.56 Å². The molecule has 0 aliphatic heterocycles. The van der Waals surface area contributed by atoms with Gasteiger partial charge in [0.25, 0.3) is 0 Å². The number of aryl methyl sites for hydroxylation is 1. The lowest BCUT2D eigenvalue weighted by atomic mass is 9.81. The van der Waals surface area contributed by atoms with Gasteiger partial charge in [0.1, 0.15) is 5.65 Å². The van der Waals surface area contributed by atoms with Crippen molar-refractivity contribution in [3.8, 4) is 5.69 Å². The van der Waals surface area contributed by atoms with Crippen LogP contribution in [0, 0.1) is 6.92 Å². The summed E-state index contributed by atoms with van der Waals surface area (Å²) < 4.78 is 41.1. The number of nitrogens with zero attached hydrogens (tertiary/aromatic N) is 3. The average molecular weight is 683 g/mol. The van der Waals surface area contributed by atoms with Crippen LogP contribution in [0.3, 0.4) is 0 Å². The molecule has 4 rings (SSSR count). The van der Waals surface area contributed by atoms with Gasteiger partial charge in [0.05, 0.1) is 11.3 Å². The Kier molecular flexibility index (Phi) is 13.2. The van der Waals surface area contributed by atoms with Crippen molar-refractivity contribution in [2.24, 2.45) is 22.2 Å². The minimum Gasteiger partial charge on any atom is -0.370 e. The van der Waals surface area contributed by atoms with Crippen LogP contribution < -0.4 is 28.2 Å². The molecule has 49 heavy (non-hydrogen) atoms. The van der Waals surface area contributed by atoms with Crippen LogP contribution in [0.15, 0.2) is 58.4 Å². The molecular weight excluding hydrogens is 629 g/mol. The molecule has 0 aliphatic rings. The molecule has 0 radical (unpaired) electrons. The number of rotatable bonds is 11. The van der Waals surface area contributed by atoms with E-state index in [1.165, 1.54) is 6.07 Å². The van der Waals surface area contributed by atoms with E-state index < -0.39 is 11.7 Å². The van der Waals surface area contributed by atoms with Gasteiger partial charge in [-0.05, 0) is 97.6 Å². The van der Waals surface area contributed by atoms with Gasteiger partial charge in [-0.1, -0.05) is 59.7 Å². The topological polar surface area (TPSA) is 153 Å². The van der Waals surface area contributed by atoms with Crippen LogP contribution in [0.2, 0.25) is 0 Å². The Morgan fingerprint density at radius 2 is 1.57 bits per heavy atom. The van der Waals surface area contributed by atoms with Gasteiger partial charge in [0.15, 0.2) is 5.96 Å². The van der Waals surface area contributed by atoms with Gasteiger partial charge in [-0.2, -0.15) is 18.2 Å². The Hall–Kier alpha value is -4.16. The second-order valence-corrected chi connectivity index (χ2v) is 14.4. The second-order valence-electron chi connectivity index (χ2n) is 14.4. The van der Waals surface area contributed by atoms with Crippen molar-refractivity contribution in [1.29, 1.82) is 0 Å². The fraction of sp³-hybridized carbons (Fsp3) is 0.486. The normalized spacial score (nSPS) is 12.1. The first-order chi connectivity index (χ1) is 22.8. The van der Waals surface area contributed by atoms with Crippen LogP contribution in [0.1, 0.15) is 94.3 Å². The maximum Gasteiger partial charge on any atom is 0.416 e. The van der Waals surface area contributed by atoms with Gasteiger partial charge in [-0.25, -0.2) is 4.79 Å². The molecule has 0 amide bonds. The molecule has 2 heterocycles. The number of aromatic amines is 1. The third kappa shape index (κ3) is 11.5. The minimum atomic E-state index is -4.30. The van der Waals surface area contributed by atoms with E-state index in [0.29, 0.717) is 30.7 Å². The van der Waals surface area contributed by atoms with Gasteiger partial charge in [0, 0.05) is 35.8 Å². The molecule has 0 aliphatic carbocycles. The molecule has 0 spiro atoms. The standard InChI is InChI=1S/C21H29N7O.C16H24F3N/c1-21(2,3)17-11-15-13-28(20(29)27-18(15)26-17)16-7-5-14(6-8-16)12-24-9-4-10-25-19(22)23;1-11-13(15(2,3)4)9-12(7-5-6-8-20)10-14(11)16(17,18)19/h5-8,11,13,24H,4,9-10,12H2,1-3H3,(H4,22,23,25)(H,26,27,29);9-10H,5-8,20H2,1-4H3. The predicted molar refractivity (Wildman–Crippen MR) is 194 cm³/mol. The number of benzene rings is 2. The first kappa shape index (κ1) is 39.3. The highest BCUT2D eigenvalue weighted by molar-refractivity contribution is 5.76. The van der Waals surface area contributed by atoms with E-state index in [-0.39, 0.29) is 22.5 Å². The van der Waals surface area contributed by atoms with E-state index in [0.717, 1.165) is 65.8 Å². The van der Waals surface area contributed by atoms with Crippen molar-refractivity contribution in [2.75, 3.05) is 19.6 Å². The smallest absolute Gasteiger partial charge is 0.370 e. The molecule has 268 valence electrons. The summed E-state index contributed by atoms with van der Waals surface area (Å²) >= 11 is 0. The van der Waals surface area contributed by atoms with Gasteiger partial charge in [0.2, 0.25) is 0 Å². The van der Waals surface area contributed by atoms with E-state index >= 15 is 0 Å². The summed E-state index contributed by atoms with van der Waals surface area (Å²) in [5, 5.41) is 4.27. The number of unbranched alkanes of at least 4 members (excludes halogenated alkanes) is 1. The number of hydrogen-bond acceptors (Lipinski definition) is 5. The lowest BCUT2D eigenvalue weighted by molar-refractivity contribution is -0.138. The quantitative estimate of drug-likeness (QED) is 0.0706. The molecule has 0 saturated carbocycles. The summed E-state index contributed by atoms with van der Waals surface area (Å²) in [5.74, 6) is 0.123. The van der Waals surface area contributed by atoms with E-state index in [1.807, 2.05) is 57.3 Å². The van der Waals surface area contributed by atoms with Gasteiger partial charge < -0.3 is 27.5 Å². The third-order valence-electron chi connectivity index (χ3n) is 8.17. The maximum atomic E-state index is 13.2. The average Bonchev–Trinajstić information content (AvgIpc) is 3.42. The maximum absolute atomic E-state index is 13.2. The molecule has 8 N–H and O–H groups in total. The number of nitrogens with two attached hydrogens (primary N) is 3. The summed E-state index contributed by atoms with van der Waals surface area (Å²) in [6, 6.07) is 13.1. The number of aliphatic imine (C=N–C) groups is 1. The molecule has 2 aromatic carbocycles. The summed E-state index contributed by atoms with van der Waals surface area (Å²) in [5.41, 5.74) is 20.4. The van der Waals surface area contributed by atoms with Crippen molar-refractivity contribution in [3.05, 3.63) is 92.7 Å². The van der Waals surface area contributed by atoms with Crippen molar-refractivity contribution >= 4 is 17.0 Å². The number of aromatic nitrogens is 3. The SMILES string of the molecule is CC(C)(C)c1cc2cn(-c3ccc(CNCCCN=C(N)N)cc3)c(=O)nc2[nH]1.Cc1c(C(C)(C)C)cc(CCCCN)cc1C(F)(F)F. The zero-order valence-electron chi connectivity index (χ0n) is 29.9. The van der Waals surface area contributed by atoms with Crippen LogP contribution in [0.5, 0.6) is 0 Å². The number of H-pyrrole nitrogens is 1. The highest BCUT2D eigenvalue weighted by Crippen LogP contribution is 2.38. The Bertz CT molecular complexity index is 1720. The highest BCUT2D eigenvalue weighted by Gasteiger charge is 2.35. The molecule has 12 heteroatoms. The summed E-state index contributed by atoms with van der Waals surface area (Å²) in [6.07, 6.45) is 0.704. The molecule has 0 fully saturated rings. The zero-order valence-corrected chi connectivity index (χ0v) is 29.9. The fourth-order valence-electron chi connectivity index (χ4n) is 5.47. The molecular formula is C37H53F3N8O. The van der Waals surface area contributed by atoms with Crippen LogP contribution in [0.25, 0.3) is 16.7 Å². The van der Waals surface area contributed by atoms with Crippen molar-refractivity contribution in [2.45, 2.75) is 97.7 Å². The van der Waals surface area contributed by atoms with E-state index in [9.17, 15) is 18.0 Å². The molecule has 0 bridgehead atoms. The van der Waals surface area contributed by atoms with Crippen LogP contribution in [-0.2, 0) is 30.0 Å². The third-order valence-corrected chi connectivity index (χ3v) is 8.17. The first-order valence-corrected chi connectivity index (χ1v) is 16.7. The number of hydrogen-bond donors (Lipinski definition) is 5. The number of guanidine groups is 1. The lowest BCUT2D eigenvalue weighted by Crippen LogP contribution is -2.23. The van der Waals surface area contributed by atoms with Gasteiger partial charge in [-0.15, -0.1) is 0 Å². The molecule has 0 unspecified atom stereocenters. The Morgan fingerprint density at radius 3 is 2.14 bits per heavy atom. The first-order valence-electron chi connectivity index (χ1n) is 16.7. The monoisotopic (exact) mass is 682 g/mol. The number of alkyl halides is 3. The Balaban J connectivity index is 0.000000286. The second kappa shape index (κ2) is 16.5. The minimum absolute atomic E-state index is 0.0352. The summed E-state index contributed by atoms with van der Waals surface area (Å²) in [4.78, 5) is 23.9. The van der Waals surface area contributed by atoms with Crippen LogP contribution in [0.4, 0.5) is 13.2 Å². The molecule has 4 aromatic rings. The summed E-state index contributed by atoms with van der Waals surface area (Å²) in [7, 11) is 0. The number of halogens is 3. The number of nitrogens with one attached hydrogen (secondary N) is 2. The molecule has 9 nitrogen and oxygen atoms in total. The Labute approximate surface area is 287 Å². The zero-order chi connectivity index (χ0) is 36.6. The number of fused-ring (bicyclic) bond motifs is 1. The summed E-state index contributed by atoms with van der Waals surface area (Å²) in [6.45, 7) is 16.5. The van der Waals surface area contributed by atoms with Crippen molar-refractivity contribution < 1.29 is 13.2 Å². The van der Waals surface area contributed by atoms with Crippen LogP contribution >= 0.6 is 0 Å². The largest absolute Gasteiger partial charge is 0.416 e. The van der Waals surface area contributed by atoms with Crippen molar-refractivity contribution in [3.63, 3.8) is 0 Å². The fourth-order valence-corrected chi connectivity index (χ4v) is 5.47. The molecule has 0 saturated heterocycles. The Morgan fingerprint density at radius 1 is 0.918 bits per heavy atom. The predicted octanol–water partition coefficient (Wildman–Crippen LogP) is 6.36. The van der Waals surface area contributed by atoms with Gasteiger partial charge >= 0.3 is 11.9 Å². The molecule has 0 atom stereocenters. The van der Waals surface area contributed by atoms with E-state index in [1.54, 1.807) is 11.5 Å². The van der Waals surface area contributed by atoms with Crippen molar-refractivity contribution in [1.82, 2.24) is 19.9 Å². The molecule has 2 aromatic heterocycles.